The Kier molecular flexibility index (Phi) is 4.08. The zero-order valence-corrected chi connectivity index (χ0v) is 11.5. The molecule has 0 bridgehead atoms. The Bertz CT molecular complexity index is 621. The topological polar surface area (TPSA) is 118 Å². The average molecular weight is 293 g/mol. The van der Waals surface area contributed by atoms with E-state index in [9.17, 15) is 9.90 Å². The van der Waals surface area contributed by atoms with Crippen molar-refractivity contribution >= 4 is 12.0 Å². The summed E-state index contributed by atoms with van der Waals surface area (Å²) in [7, 11) is 1.57. The Hall–Kier alpha value is -2.61. The molecule has 8 nitrogen and oxygen atoms in total. The molecule has 3 N–H and O–H groups in total. The molecule has 0 spiro atoms. The predicted octanol–water partition coefficient (Wildman–Crippen LogP) is 0.993. The largest absolute Gasteiger partial charge is 0.497 e. The summed E-state index contributed by atoms with van der Waals surface area (Å²) in [6.07, 6.45) is 0. The van der Waals surface area contributed by atoms with E-state index in [2.05, 4.69) is 15.5 Å². The molecule has 0 aliphatic carbocycles. The molecule has 0 aliphatic rings. The third kappa shape index (κ3) is 3.48. The maximum absolute atomic E-state index is 10.8. The second-order valence-corrected chi connectivity index (χ2v) is 4.58. The van der Waals surface area contributed by atoms with Gasteiger partial charge in [0.05, 0.1) is 13.7 Å². The maximum atomic E-state index is 10.8. The van der Waals surface area contributed by atoms with E-state index in [1.54, 1.807) is 31.4 Å². The predicted molar refractivity (Wildman–Crippen MR) is 73.0 cm³/mol. The fourth-order valence-electron chi connectivity index (χ4n) is 1.48. The van der Waals surface area contributed by atoms with E-state index >= 15 is 0 Å². The molecular formula is C13H15N3O5. The molecule has 1 heterocycles. The monoisotopic (exact) mass is 293 g/mol. The smallest absolute Gasteiger partial charge is 0.337 e. The van der Waals surface area contributed by atoms with Crippen LogP contribution in [0.1, 0.15) is 6.92 Å². The van der Waals surface area contributed by atoms with Gasteiger partial charge in [0.2, 0.25) is 5.82 Å². The summed E-state index contributed by atoms with van der Waals surface area (Å²) < 4.78 is 9.99. The van der Waals surface area contributed by atoms with Crippen molar-refractivity contribution in [1.82, 2.24) is 10.1 Å². The molecule has 2 aromatic rings. The second kappa shape index (κ2) is 5.80. The summed E-state index contributed by atoms with van der Waals surface area (Å²) in [5, 5.41) is 24.7. The van der Waals surface area contributed by atoms with Crippen molar-refractivity contribution in [3.63, 3.8) is 0 Å². The van der Waals surface area contributed by atoms with Crippen molar-refractivity contribution in [1.29, 1.82) is 0 Å². The van der Waals surface area contributed by atoms with Gasteiger partial charge in [-0.1, -0.05) is 5.16 Å². The highest BCUT2D eigenvalue weighted by atomic mass is 16.5. The zero-order chi connectivity index (χ0) is 15.5. The van der Waals surface area contributed by atoms with Crippen molar-refractivity contribution in [3.8, 4) is 17.1 Å². The van der Waals surface area contributed by atoms with Crippen LogP contribution in [0.5, 0.6) is 5.75 Å². The number of nitrogens with zero attached hydrogens (tertiary/aromatic N) is 2. The van der Waals surface area contributed by atoms with Crippen molar-refractivity contribution in [3.05, 3.63) is 24.3 Å². The number of benzene rings is 1. The van der Waals surface area contributed by atoms with Crippen LogP contribution in [0.15, 0.2) is 28.8 Å². The molecule has 0 aliphatic heterocycles. The number of rotatable bonds is 6. The Balaban J connectivity index is 2.05. The molecule has 0 amide bonds. The lowest BCUT2D eigenvalue weighted by Gasteiger charge is -2.16. The maximum Gasteiger partial charge on any atom is 0.337 e. The Labute approximate surface area is 120 Å². The van der Waals surface area contributed by atoms with Crippen LogP contribution >= 0.6 is 0 Å². The minimum absolute atomic E-state index is 0.0299. The third-order valence-electron chi connectivity index (χ3n) is 2.82. The van der Waals surface area contributed by atoms with E-state index in [-0.39, 0.29) is 12.6 Å². The molecule has 1 aromatic heterocycles. The molecule has 1 aromatic carbocycles. The first-order valence-corrected chi connectivity index (χ1v) is 6.10. The highest BCUT2D eigenvalue weighted by Gasteiger charge is 2.30. The van der Waals surface area contributed by atoms with Crippen LogP contribution in [0.4, 0.5) is 6.01 Å². The van der Waals surface area contributed by atoms with Crippen LogP contribution in [0.25, 0.3) is 11.4 Å². The number of carbonyl (C=O) groups is 1. The number of ether oxygens (including phenoxy) is 1. The summed E-state index contributed by atoms with van der Waals surface area (Å²) in [5.41, 5.74) is -1.20. The van der Waals surface area contributed by atoms with Crippen molar-refractivity contribution < 1.29 is 24.3 Å². The number of nitrogens with one attached hydrogen (secondary N) is 1. The minimum Gasteiger partial charge on any atom is -0.497 e. The van der Waals surface area contributed by atoms with Gasteiger partial charge in [-0.3, -0.25) is 0 Å². The second-order valence-electron chi connectivity index (χ2n) is 4.58. The highest BCUT2D eigenvalue weighted by molar-refractivity contribution is 5.77. The average Bonchev–Trinajstić information content (AvgIpc) is 2.94. The standard InChI is InChI=1S/C13H15N3O5/c1-13(19,11(17)18)7-14-12-15-10(16-21-12)8-3-5-9(20-2)6-4-8/h3-6,19H,7H2,1-2H3,(H,17,18)(H,14,15,16). The van der Waals surface area contributed by atoms with Gasteiger partial charge < -0.3 is 24.8 Å². The summed E-state index contributed by atoms with van der Waals surface area (Å²) in [6, 6.07) is 7.08. The Morgan fingerprint density at radius 1 is 1.43 bits per heavy atom. The third-order valence-corrected chi connectivity index (χ3v) is 2.82. The fourth-order valence-corrected chi connectivity index (χ4v) is 1.48. The molecule has 2 rings (SSSR count). The van der Waals surface area contributed by atoms with Gasteiger partial charge in [-0.05, 0) is 31.2 Å². The van der Waals surface area contributed by atoms with Crippen LogP contribution in [0.3, 0.4) is 0 Å². The normalized spacial score (nSPS) is 13.5. The number of carboxylic acids is 1. The van der Waals surface area contributed by atoms with E-state index in [1.807, 2.05) is 0 Å². The fraction of sp³-hybridized carbons (Fsp3) is 0.308. The molecule has 1 unspecified atom stereocenters. The number of hydrogen-bond acceptors (Lipinski definition) is 7. The lowest BCUT2D eigenvalue weighted by atomic mass is 10.1. The number of methoxy groups -OCH3 is 1. The van der Waals surface area contributed by atoms with Gasteiger partial charge in [-0.15, -0.1) is 0 Å². The molecule has 0 fully saturated rings. The van der Waals surface area contributed by atoms with E-state index in [0.717, 1.165) is 5.56 Å². The molecule has 0 radical (unpaired) electrons. The number of aliphatic carboxylic acids is 1. The summed E-state index contributed by atoms with van der Waals surface area (Å²) in [5.74, 6) is -0.293. The van der Waals surface area contributed by atoms with E-state index in [1.165, 1.54) is 6.92 Å². The van der Waals surface area contributed by atoms with Gasteiger partial charge in [0, 0.05) is 5.56 Å². The first-order valence-electron chi connectivity index (χ1n) is 6.10. The minimum atomic E-state index is -1.92. The molecule has 1 atom stereocenters. The number of hydrogen-bond donors (Lipinski definition) is 3. The lowest BCUT2D eigenvalue weighted by molar-refractivity contribution is -0.155. The molecule has 21 heavy (non-hydrogen) atoms. The number of aliphatic hydroxyl groups is 1. The van der Waals surface area contributed by atoms with Crippen LogP contribution in [-0.4, -0.2) is 45.6 Å². The van der Waals surface area contributed by atoms with Crippen LogP contribution in [0, 0.1) is 0 Å². The Morgan fingerprint density at radius 2 is 2.10 bits per heavy atom. The van der Waals surface area contributed by atoms with Crippen molar-refractivity contribution in [2.45, 2.75) is 12.5 Å². The van der Waals surface area contributed by atoms with E-state index in [4.69, 9.17) is 14.4 Å². The Morgan fingerprint density at radius 3 is 2.67 bits per heavy atom. The van der Waals surface area contributed by atoms with Crippen LogP contribution in [-0.2, 0) is 4.79 Å². The van der Waals surface area contributed by atoms with Gasteiger partial charge in [-0.2, -0.15) is 4.98 Å². The van der Waals surface area contributed by atoms with Gasteiger partial charge >= 0.3 is 12.0 Å². The quantitative estimate of drug-likeness (QED) is 0.721. The number of anilines is 1. The van der Waals surface area contributed by atoms with Gasteiger partial charge in [0.1, 0.15) is 5.75 Å². The van der Waals surface area contributed by atoms with Crippen LogP contribution in [0.2, 0.25) is 0 Å². The van der Waals surface area contributed by atoms with E-state index < -0.39 is 11.6 Å². The van der Waals surface area contributed by atoms with E-state index in [0.29, 0.717) is 11.6 Å². The molecule has 8 heteroatoms. The van der Waals surface area contributed by atoms with Gasteiger partial charge in [0.15, 0.2) is 5.60 Å². The summed E-state index contributed by atoms with van der Waals surface area (Å²) in [6.45, 7) is 0.912. The lowest BCUT2D eigenvalue weighted by Crippen LogP contribution is -2.41. The first kappa shape index (κ1) is 14.8. The van der Waals surface area contributed by atoms with Gasteiger partial charge in [-0.25, -0.2) is 4.79 Å². The molecule has 0 saturated heterocycles. The highest BCUT2D eigenvalue weighted by Crippen LogP contribution is 2.21. The summed E-state index contributed by atoms with van der Waals surface area (Å²) >= 11 is 0. The summed E-state index contributed by atoms with van der Waals surface area (Å²) in [4.78, 5) is 14.8. The van der Waals surface area contributed by atoms with Crippen molar-refractivity contribution in [2.24, 2.45) is 0 Å². The molecule has 112 valence electrons. The zero-order valence-electron chi connectivity index (χ0n) is 11.5. The molecule has 0 saturated carbocycles. The van der Waals surface area contributed by atoms with Gasteiger partial charge in [0.25, 0.3) is 0 Å². The number of carboxylic acid groups (broad SMARTS) is 1. The van der Waals surface area contributed by atoms with Crippen LogP contribution < -0.4 is 10.1 Å². The van der Waals surface area contributed by atoms with Crippen molar-refractivity contribution in [2.75, 3.05) is 19.0 Å². The number of aromatic nitrogens is 2. The molecular weight excluding hydrogens is 278 g/mol. The SMILES string of the molecule is COc1ccc(-c2noc(NCC(C)(O)C(=O)O)n2)cc1. The first-order chi connectivity index (χ1) is 9.92.